The maximum atomic E-state index is 9.26. The summed E-state index contributed by atoms with van der Waals surface area (Å²) in [6.07, 6.45) is 0. The van der Waals surface area contributed by atoms with Crippen molar-refractivity contribution in [2.24, 2.45) is 0 Å². The molecule has 102 valence electrons. The molecule has 0 radical (unpaired) electrons. The number of benzene rings is 2. The maximum absolute atomic E-state index is 9.26. The van der Waals surface area contributed by atoms with Crippen molar-refractivity contribution in [1.82, 2.24) is 5.32 Å². The molecule has 2 N–H and O–H groups in total. The normalized spacial score (nSPS) is 12.7. The first-order valence-electron chi connectivity index (χ1n) is 6.72. The van der Waals surface area contributed by atoms with Gasteiger partial charge in [0.15, 0.2) is 0 Å². The Morgan fingerprint density at radius 1 is 1.10 bits per heavy atom. The Balaban J connectivity index is 1.69. The van der Waals surface area contributed by atoms with E-state index in [9.17, 15) is 5.11 Å². The van der Waals surface area contributed by atoms with Crippen molar-refractivity contribution < 1.29 is 9.52 Å². The number of nitrogens with one attached hydrogen (secondary N) is 1. The zero-order valence-electron chi connectivity index (χ0n) is 11.3. The number of phenolic OH excluding ortho intramolecular Hbond substituents is 1. The molecular weight excluding hydrogens is 250 g/mol. The van der Waals surface area contributed by atoms with Gasteiger partial charge in [0, 0.05) is 11.9 Å². The third-order valence-electron chi connectivity index (χ3n) is 3.42. The third kappa shape index (κ3) is 2.68. The highest BCUT2D eigenvalue weighted by Gasteiger charge is 2.10. The highest BCUT2D eigenvalue weighted by atomic mass is 16.3. The minimum atomic E-state index is 0.135. The molecule has 0 aliphatic rings. The molecule has 1 heterocycles. The predicted octanol–water partition coefficient (Wildman–Crippen LogP) is 3.99. The van der Waals surface area contributed by atoms with Crippen LogP contribution in [0, 0.1) is 0 Å². The maximum Gasteiger partial charge on any atom is 0.134 e. The lowest BCUT2D eigenvalue weighted by molar-refractivity contribution is 0.450. The van der Waals surface area contributed by atoms with Crippen LogP contribution in [0.5, 0.6) is 5.75 Å². The second-order valence-corrected chi connectivity index (χ2v) is 4.96. The summed E-state index contributed by atoms with van der Waals surface area (Å²) in [7, 11) is 0. The Hall–Kier alpha value is -2.26. The van der Waals surface area contributed by atoms with Gasteiger partial charge >= 0.3 is 0 Å². The summed E-state index contributed by atoms with van der Waals surface area (Å²) >= 11 is 0. The molecule has 1 atom stereocenters. The van der Waals surface area contributed by atoms with E-state index < -0.39 is 0 Å². The quantitative estimate of drug-likeness (QED) is 0.751. The van der Waals surface area contributed by atoms with E-state index in [-0.39, 0.29) is 6.04 Å². The summed E-state index contributed by atoms with van der Waals surface area (Å²) in [5, 5.41) is 13.8. The fraction of sp³-hybridized carbons (Fsp3) is 0.176. The van der Waals surface area contributed by atoms with Crippen molar-refractivity contribution in [3.63, 3.8) is 0 Å². The average Bonchev–Trinajstić information content (AvgIpc) is 2.90. The molecular formula is C17H17NO2. The number of furan rings is 1. The van der Waals surface area contributed by atoms with Gasteiger partial charge in [0.2, 0.25) is 0 Å². The Bertz CT molecular complexity index is 667. The molecule has 3 nitrogen and oxygen atoms in total. The minimum Gasteiger partial charge on any atom is -0.508 e. The number of phenols is 1. The zero-order valence-corrected chi connectivity index (χ0v) is 11.3. The van der Waals surface area contributed by atoms with Crippen LogP contribution < -0.4 is 5.32 Å². The van der Waals surface area contributed by atoms with Gasteiger partial charge < -0.3 is 14.8 Å². The minimum absolute atomic E-state index is 0.135. The SMILES string of the molecule is CC(NCc1ccc(O)cc1)c1cc2ccccc2o1. The van der Waals surface area contributed by atoms with Crippen molar-refractivity contribution in [2.75, 3.05) is 0 Å². The van der Waals surface area contributed by atoms with E-state index >= 15 is 0 Å². The fourth-order valence-corrected chi connectivity index (χ4v) is 2.20. The number of hydrogen-bond donors (Lipinski definition) is 2. The molecule has 0 amide bonds. The molecule has 0 fully saturated rings. The average molecular weight is 267 g/mol. The number of aromatic hydroxyl groups is 1. The van der Waals surface area contributed by atoms with Crippen LogP contribution in [0.2, 0.25) is 0 Å². The molecule has 0 saturated carbocycles. The monoisotopic (exact) mass is 267 g/mol. The summed E-state index contributed by atoms with van der Waals surface area (Å²) in [6.45, 7) is 2.82. The van der Waals surface area contributed by atoms with Gasteiger partial charge in [-0.3, -0.25) is 0 Å². The van der Waals surface area contributed by atoms with Crippen LogP contribution >= 0.6 is 0 Å². The topological polar surface area (TPSA) is 45.4 Å². The second-order valence-electron chi connectivity index (χ2n) is 4.96. The number of rotatable bonds is 4. The van der Waals surface area contributed by atoms with E-state index in [1.165, 1.54) is 0 Å². The van der Waals surface area contributed by atoms with Crippen molar-refractivity contribution in [3.8, 4) is 5.75 Å². The van der Waals surface area contributed by atoms with E-state index in [1.54, 1.807) is 12.1 Å². The van der Waals surface area contributed by atoms with Gasteiger partial charge in [0.1, 0.15) is 17.1 Å². The van der Waals surface area contributed by atoms with Crippen LogP contribution in [0.3, 0.4) is 0 Å². The Morgan fingerprint density at radius 3 is 2.60 bits per heavy atom. The Kier molecular flexibility index (Phi) is 3.44. The molecule has 3 aromatic rings. The molecule has 0 bridgehead atoms. The molecule has 3 rings (SSSR count). The summed E-state index contributed by atoms with van der Waals surface area (Å²) < 4.78 is 5.83. The number of fused-ring (bicyclic) bond motifs is 1. The van der Waals surface area contributed by atoms with Gasteiger partial charge in [-0.2, -0.15) is 0 Å². The standard InChI is InChI=1S/C17H17NO2/c1-12(18-11-13-6-8-15(19)9-7-13)17-10-14-4-2-3-5-16(14)20-17/h2-10,12,18-19H,11H2,1H3. The first-order chi connectivity index (χ1) is 9.72. The molecule has 1 aromatic heterocycles. The molecule has 0 spiro atoms. The smallest absolute Gasteiger partial charge is 0.134 e. The first-order valence-corrected chi connectivity index (χ1v) is 6.72. The molecule has 20 heavy (non-hydrogen) atoms. The van der Waals surface area contributed by atoms with Gasteiger partial charge in [-0.15, -0.1) is 0 Å². The highest BCUT2D eigenvalue weighted by Crippen LogP contribution is 2.23. The van der Waals surface area contributed by atoms with Crippen LogP contribution in [0.15, 0.2) is 59.0 Å². The fourth-order valence-electron chi connectivity index (χ4n) is 2.20. The van der Waals surface area contributed by atoms with E-state index in [1.807, 2.05) is 30.3 Å². The van der Waals surface area contributed by atoms with Crippen LogP contribution in [0.4, 0.5) is 0 Å². The molecule has 0 saturated heterocycles. The third-order valence-corrected chi connectivity index (χ3v) is 3.42. The molecule has 1 unspecified atom stereocenters. The van der Waals surface area contributed by atoms with Crippen LogP contribution in [0.25, 0.3) is 11.0 Å². The van der Waals surface area contributed by atoms with E-state index in [0.29, 0.717) is 5.75 Å². The van der Waals surface area contributed by atoms with E-state index in [2.05, 4.69) is 24.4 Å². The van der Waals surface area contributed by atoms with E-state index in [4.69, 9.17) is 4.42 Å². The Morgan fingerprint density at radius 2 is 1.85 bits per heavy atom. The summed E-state index contributed by atoms with van der Waals surface area (Å²) in [5.41, 5.74) is 2.05. The highest BCUT2D eigenvalue weighted by molar-refractivity contribution is 5.77. The molecule has 0 aliphatic heterocycles. The van der Waals surface area contributed by atoms with Crippen LogP contribution in [-0.4, -0.2) is 5.11 Å². The van der Waals surface area contributed by atoms with Crippen molar-refractivity contribution in [2.45, 2.75) is 19.5 Å². The van der Waals surface area contributed by atoms with Gasteiger partial charge in [-0.1, -0.05) is 30.3 Å². The van der Waals surface area contributed by atoms with Crippen molar-refractivity contribution >= 4 is 11.0 Å². The van der Waals surface area contributed by atoms with E-state index in [0.717, 1.165) is 28.8 Å². The predicted molar refractivity (Wildman–Crippen MR) is 79.6 cm³/mol. The second kappa shape index (κ2) is 5.39. The molecule has 0 aliphatic carbocycles. The molecule has 2 aromatic carbocycles. The van der Waals surface area contributed by atoms with Crippen LogP contribution in [-0.2, 0) is 6.54 Å². The van der Waals surface area contributed by atoms with Crippen molar-refractivity contribution in [3.05, 3.63) is 65.9 Å². The largest absolute Gasteiger partial charge is 0.508 e. The number of hydrogen-bond acceptors (Lipinski definition) is 3. The summed E-state index contributed by atoms with van der Waals surface area (Å²) in [5.74, 6) is 1.23. The van der Waals surface area contributed by atoms with Gasteiger partial charge in [-0.05, 0) is 36.8 Å². The lowest BCUT2D eigenvalue weighted by atomic mass is 10.2. The lowest BCUT2D eigenvalue weighted by Gasteiger charge is -2.11. The van der Waals surface area contributed by atoms with Gasteiger partial charge in [0.25, 0.3) is 0 Å². The van der Waals surface area contributed by atoms with Crippen molar-refractivity contribution in [1.29, 1.82) is 0 Å². The van der Waals surface area contributed by atoms with Gasteiger partial charge in [-0.25, -0.2) is 0 Å². The number of para-hydroxylation sites is 1. The summed E-state index contributed by atoms with van der Waals surface area (Å²) in [4.78, 5) is 0. The summed E-state index contributed by atoms with van der Waals surface area (Å²) in [6, 6.07) is 17.4. The Labute approximate surface area is 117 Å². The lowest BCUT2D eigenvalue weighted by Crippen LogP contribution is -2.17. The first kappa shape index (κ1) is 12.8. The zero-order chi connectivity index (χ0) is 13.9. The molecule has 3 heteroatoms. The van der Waals surface area contributed by atoms with Crippen LogP contribution in [0.1, 0.15) is 24.3 Å². The van der Waals surface area contributed by atoms with Gasteiger partial charge in [0.05, 0.1) is 6.04 Å².